The standard InChI is InChI=1S/C15H24N2O2/c1-2-19-15(8-5-3-4-6-9-15)14(18)12-11-17-10-7-13(12)16/h7,10-11,14,18H,2-6,8-9H2,1H3,(H2,16,17). The van der Waals surface area contributed by atoms with Crippen molar-refractivity contribution in [3.05, 3.63) is 24.0 Å². The molecular formula is C15H24N2O2. The summed E-state index contributed by atoms with van der Waals surface area (Å²) in [6, 6.07) is 1.73. The lowest BCUT2D eigenvalue weighted by molar-refractivity contribution is -0.131. The van der Waals surface area contributed by atoms with Crippen molar-refractivity contribution in [2.45, 2.75) is 57.2 Å². The number of hydrogen-bond donors (Lipinski definition) is 2. The highest BCUT2D eigenvalue weighted by molar-refractivity contribution is 5.46. The topological polar surface area (TPSA) is 68.4 Å². The van der Waals surface area contributed by atoms with Crippen LogP contribution < -0.4 is 5.73 Å². The van der Waals surface area contributed by atoms with Crippen LogP contribution in [0.4, 0.5) is 5.69 Å². The molecule has 1 aromatic heterocycles. The Morgan fingerprint density at radius 3 is 2.63 bits per heavy atom. The third-order valence-corrected chi connectivity index (χ3v) is 4.06. The van der Waals surface area contributed by atoms with Gasteiger partial charge in [0.25, 0.3) is 0 Å². The normalized spacial score (nSPS) is 20.7. The van der Waals surface area contributed by atoms with Gasteiger partial charge < -0.3 is 15.6 Å². The second-order valence-corrected chi connectivity index (χ2v) is 5.32. The Bertz CT molecular complexity index is 401. The molecule has 1 fully saturated rings. The third-order valence-electron chi connectivity index (χ3n) is 4.06. The number of aliphatic hydroxyl groups excluding tert-OH is 1. The number of pyridine rings is 1. The summed E-state index contributed by atoms with van der Waals surface area (Å²) in [7, 11) is 0. The molecule has 0 radical (unpaired) electrons. The second kappa shape index (κ2) is 6.35. The Labute approximate surface area is 115 Å². The molecular weight excluding hydrogens is 240 g/mol. The van der Waals surface area contributed by atoms with Gasteiger partial charge in [-0.3, -0.25) is 4.98 Å². The van der Waals surface area contributed by atoms with Crippen LogP contribution in [0.5, 0.6) is 0 Å². The fourth-order valence-electron chi connectivity index (χ4n) is 3.04. The lowest BCUT2D eigenvalue weighted by atomic mass is 9.84. The van der Waals surface area contributed by atoms with Gasteiger partial charge in [-0.15, -0.1) is 0 Å². The summed E-state index contributed by atoms with van der Waals surface area (Å²) in [5.74, 6) is 0. The number of anilines is 1. The smallest absolute Gasteiger partial charge is 0.111 e. The monoisotopic (exact) mass is 264 g/mol. The number of nitrogens with two attached hydrogens (primary N) is 1. The van der Waals surface area contributed by atoms with Crippen LogP contribution in [-0.2, 0) is 4.74 Å². The van der Waals surface area contributed by atoms with Crippen molar-refractivity contribution in [3.8, 4) is 0 Å². The zero-order chi connectivity index (χ0) is 13.7. The maximum absolute atomic E-state index is 10.8. The Morgan fingerprint density at radius 1 is 1.37 bits per heavy atom. The van der Waals surface area contributed by atoms with Crippen molar-refractivity contribution in [1.29, 1.82) is 0 Å². The fraction of sp³-hybridized carbons (Fsp3) is 0.667. The van der Waals surface area contributed by atoms with Crippen molar-refractivity contribution < 1.29 is 9.84 Å². The first-order valence-corrected chi connectivity index (χ1v) is 7.21. The van der Waals surface area contributed by atoms with Crippen LogP contribution in [0.3, 0.4) is 0 Å². The fourth-order valence-corrected chi connectivity index (χ4v) is 3.04. The Morgan fingerprint density at radius 2 is 2.05 bits per heavy atom. The van der Waals surface area contributed by atoms with E-state index < -0.39 is 11.7 Å². The summed E-state index contributed by atoms with van der Waals surface area (Å²) < 4.78 is 5.99. The van der Waals surface area contributed by atoms with Gasteiger partial charge in [0.15, 0.2) is 0 Å². The van der Waals surface area contributed by atoms with E-state index in [1.165, 1.54) is 12.8 Å². The van der Waals surface area contributed by atoms with Gasteiger partial charge in [-0.1, -0.05) is 25.7 Å². The maximum atomic E-state index is 10.8. The van der Waals surface area contributed by atoms with Gasteiger partial charge in [-0.25, -0.2) is 0 Å². The van der Waals surface area contributed by atoms with Crippen LogP contribution in [-0.4, -0.2) is 22.3 Å². The number of nitrogen functional groups attached to an aromatic ring is 1. The summed E-state index contributed by atoms with van der Waals surface area (Å²) >= 11 is 0. The van der Waals surface area contributed by atoms with Crippen LogP contribution >= 0.6 is 0 Å². The first-order valence-electron chi connectivity index (χ1n) is 7.21. The van der Waals surface area contributed by atoms with E-state index in [0.717, 1.165) is 25.7 Å². The predicted octanol–water partition coefficient (Wildman–Crippen LogP) is 2.83. The molecule has 1 aliphatic rings. The molecule has 1 saturated carbocycles. The highest BCUT2D eigenvalue weighted by Crippen LogP contribution is 2.41. The van der Waals surface area contributed by atoms with E-state index in [1.807, 2.05) is 6.92 Å². The first kappa shape index (κ1) is 14.3. The second-order valence-electron chi connectivity index (χ2n) is 5.32. The van der Waals surface area contributed by atoms with Crippen molar-refractivity contribution >= 4 is 5.69 Å². The number of ether oxygens (including phenoxy) is 1. The molecule has 1 heterocycles. The van der Waals surface area contributed by atoms with Crippen LogP contribution in [0.1, 0.15) is 57.1 Å². The van der Waals surface area contributed by atoms with E-state index in [-0.39, 0.29) is 0 Å². The van der Waals surface area contributed by atoms with Crippen LogP contribution in [0.25, 0.3) is 0 Å². The number of hydrogen-bond acceptors (Lipinski definition) is 4. The average Bonchev–Trinajstić information content (AvgIpc) is 2.66. The van der Waals surface area contributed by atoms with Crippen molar-refractivity contribution in [1.82, 2.24) is 4.98 Å². The van der Waals surface area contributed by atoms with E-state index in [4.69, 9.17) is 10.5 Å². The molecule has 0 amide bonds. The molecule has 0 aromatic carbocycles. The number of rotatable bonds is 4. The number of aromatic nitrogens is 1. The lowest BCUT2D eigenvalue weighted by Gasteiger charge is -2.37. The largest absolute Gasteiger partial charge is 0.398 e. The third kappa shape index (κ3) is 3.07. The first-order chi connectivity index (χ1) is 9.19. The zero-order valence-corrected chi connectivity index (χ0v) is 11.6. The molecule has 0 aliphatic heterocycles. The van der Waals surface area contributed by atoms with Gasteiger partial charge >= 0.3 is 0 Å². The quantitative estimate of drug-likeness (QED) is 0.820. The molecule has 1 atom stereocenters. The molecule has 0 bridgehead atoms. The van der Waals surface area contributed by atoms with Gasteiger partial charge in [0.1, 0.15) is 6.10 Å². The van der Waals surface area contributed by atoms with Gasteiger partial charge in [-0.2, -0.15) is 0 Å². The number of nitrogens with zero attached hydrogens (tertiary/aromatic N) is 1. The molecule has 4 heteroatoms. The average molecular weight is 264 g/mol. The van der Waals surface area contributed by atoms with Crippen molar-refractivity contribution in [3.63, 3.8) is 0 Å². The van der Waals surface area contributed by atoms with E-state index in [2.05, 4.69) is 4.98 Å². The van der Waals surface area contributed by atoms with E-state index in [0.29, 0.717) is 17.9 Å². The Kier molecular flexibility index (Phi) is 4.77. The molecule has 0 spiro atoms. The minimum absolute atomic E-state index is 0.498. The van der Waals surface area contributed by atoms with Crippen molar-refractivity contribution in [2.75, 3.05) is 12.3 Å². The zero-order valence-electron chi connectivity index (χ0n) is 11.6. The van der Waals surface area contributed by atoms with Gasteiger partial charge in [-0.05, 0) is 25.8 Å². The number of aliphatic hydroxyl groups is 1. The summed E-state index contributed by atoms with van der Waals surface area (Å²) in [5, 5.41) is 10.8. The van der Waals surface area contributed by atoms with Crippen LogP contribution in [0.2, 0.25) is 0 Å². The summed E-state index contributed by atoms with van der Waals surface area (Å²) in [4.78, 5) is 4.08. The summed E-state index contributed by atoms with van der Waals surface area (Å²) in [6.45, 7) is 2.59. The Hall–Kier alpha value is -1.13. The lowest BCUT2D eigenvalue weighted by Crippen LogP contribution is -2.39. The van der Waals surface area contributed by atoms with Gasteiger partial charge in [0.05, 0.1) is 5.60 Å². The highest BCUT2D eigenvalue weighted by atomic mass is 16.5. The SMILES string of the molecule is CCOC1(C(O)c2cnccc2N)CCCCCC1. The molecule has 1 unspecified atom stereocenters. The summed E-state index contributed by atoms with van der Waals surface area (Å²) in [5.41, 5.74) is 6.75. The molecule has 4 nitrogen and oxygen atoms in total. The molecule has 0 saturated heterocycles. The van der Waals surface area contributed by atoms with E-state index in [9.17, 15) is 5.11 Å². The molecule has 2 rings (SSSR count). The highest BCUT2D eigenvalue weighted by Gasteiger charge is 2.40. The molecule has 19 heavy (non-hydrogen) atoms. The van der Waals surface area contributed by atoms with E-state index >= 15 is 0 Å². The van der Waals surface area contributed by atoms with Crippen LogP contribution in [0, 0.1) is 0 Å². The Balaban J connectivity index is 2.29. The minimum Gasteiger partial charge on any atom is -0.398 e. The molecule has 1 aliphatic carbocycles. The predicted molar refractivity (Wildman–Crippen MR) is 75.7 cm³/mol. The maximum Gasteiger partial charge on any atom is 0.111 e. The summed E-state index contributed by atoms with van der Waals surface area (Å²) in [6.07, 6.45) is 8.99. The molecule has 106 valence electrons. The van der Waals surface area contributed by atoms with E-state index in [1.54, 1.807) is 18.5 Å². The minimum atomic E-state index is -0.695. The van der Waals surface area contributed by atoms with Crippen molar-refractivity contribution in [2.24, 2.45) is 0 Å². The van der Waals surface area contributed by atoms with Gasteiger partial charge in [0.2, 0.25) is 0 Å². The van der Waals surface area contributed by atoms with Crippen LogP contribution in [0.15, 0.2) is 18.5 Å². The van der Waals surface area contributed by atoms with Gasteiger partial charge in [0, 0.05) is 30.3 Å². The molecule has 1 aromatic rings. The molecule has 3 N–H and O–H groups in total.